The maximum atomic E-state index is 13.2. The van der Waals surface area contributed by atoms with Crippen LogP contribution in [0.15, 0.2) is 42.5 Å². The molecule has 2 aromatic rings. The van der Waals surface area contributed by atoms with E-state index in [0.29, 0.717) is 36.4 Å². The zero-order valence-corrected chi connectivity index (χ0v) is 16.2. The summed E-state index contributed by atoms with van der Waals surface area (Å²) in [5.74, 6) is 0.453. The van der Waals surface area contributed by atoms with Crippen molar-refractivity contribution >= 4 is 17.5 Å². The van der Waals surface area contributed by atoms with Crippen molar-refractivity contribution in [1.82, 2.24) is 4.90 Å². The van der Waals surface area contributed by atoms with E-state index >= 15 is 0 Å². The first-order valence-corrected chi connectivity index (χ1v) is 9.50. The minimum Gasteiger partial charge on any atom is -0.496 e. The number of rotatable bonds is 5. The Hall–Kier alpha value is -2.86. The second kappa shape index (κ2) is 7.64. The summed E-state index contributed by atoms with van der Waals surface area (Å²) in [4.78, 5) is 29.7. The van der Waals surface area contributed by atoms with Crippen molar-refractivity contribution in [3.63, 3.8) is 0 Å². The van der Waals surface area contributed by atoms with Crippen LogP contribution in [0.1, 0.15) is 34.3 Å². The molecule has 0 radical (unpaired) electrons. The van der Waals surface area contributed by atoms with Crippen LogP contribution in [0.2, 0.25) is 0 Å². The standard InChI is InChI=1S/C22H24N2O4/c1-27-14-24-19-12-16(11-15-7-4-3-5-8-15)20(28-2)13-17(19)21(25)23-10-6-9-18(23)22(24)26/h3-5,7-8,12-13,18H,6,9-11,14H2,1-2H3/t18-/m0/s1. The molecule has 1 saturated heterocycles. The van der Waals surface area contributed by atoms with Crippen LogP contribution in [0.25, 0.3) is 0 Å². The summed E-state index contributed by atoms with van der Waals surface area (Å²) in [6.45, 7) is 0.712. The number of hydrogen-bond donors (Lipinski definition) is 0. The lowest BCUT2D eigenvalue weighted by atomic mass is 10.00. The number of nitrogens with zero attached hydrogens (tertiary/aromatic N) is 2. The van der Waals surface area contributed by atoms with E-state index < -0.39 is 6.04 Å². The van der Waals surface area contributed by atoms with Gasteiger partial charge in [0.1, 0.15) is 18.5 Å². The van der Waals surface area contributed by atoms with E-state index in [2.05, 4.69) is 0 Å². The van der Waals surface area contributed by atoms with Crippen LogP contribution in [-0.4, -0.2) is 50.3 Å². The maximum absolute atomic E-state index is 13.2. The molecule has 0 N–H and O–H groups in total. The molecule has 28 heavy (non-hydrogen) atoms. The second-order valence-electron chi connectivity index (χ2n) is 7.18. The molecule has 0 saturated carbocycles. The Balaban J connectivity index is 1.84. The summed E-state index contributed by atoms with van der Waals surface area (Å²) in [7, 11) is 3.16. The number of benzene rings is 2. The van der Waals surface area contributed by atoms with Crippen LogP contribution >= 0.6 is 0 Å². The van der Waals surface area contributed by atoms with Crippen LogP contribution in [0.5, 0.6) is 5.75 Å². The molecule has 0 spiro atoms. The van der Waals surface area contributed by atoms with E-state index in [0.717, 1.165) is 17.5 Å². The van der Waals surface area contributed by atoms with Gasteiger partial charge in [0.05, 0.1) is 18.4 Å². The van der Waals surface area contributed by atoms with Crippen LogP contribution in [-0.2, 0) is 16.0 Å². The number of hydrogen-bond acceptors (Lipinski definition) is 4. The molecule has 1 fully saturated rings. The van der Waals surface area contributed by atoms with E-state index in [1.165, 1.54) is 0 Å². The molecule has 4 rings (SSSR count). The van der Waals surface area contributed by atoms with E-state index in [-0.39, 0.29) is 18.5 Å². The molecular weight excluding hydrogens is 356 g/mol. The van der Waals surface area contributed by atoms with Crippen molar-refractivity contribution < 1.29 is 19.1 Å². The molecule has 2 heterocycles. The Morgan fingerprint density at radius 2 is 1.89 bits per heavy atom. The predicted molar refractivity (Wildman–Crippen MR) is 106 cm³/mol. The topological polar surface area (TPSA) is 59.1 Å². The van der Waals surface area contributed by atoms with Crippen LogP contribution in [0.4, 0.5) is 5.69 Å². The molecule has 2 amide bonds. The van der Waals surface area contributed by atoms with Crippen molar-refractivity contribution in [3.05, 3.63) is 59.2 Å². The normalized spacial score (nSPS) is 18.7. The van der Waals surface area contributed by atoms with Gasteiger partial charge in [0.25, 0.3) is 11.8 Å². The van der Waals surface area contributed by atoms with Gasteiger partial charge < -0.3 is 14.4 Å². The molecule has 2 aliphatic rings. The third-order valence-corrected chi connectivity index (χ3v) is 5.48. The Labute approximate surface area is 164 Å². The first kappa shape index (κ1) is 18.5. The molecule has 0 unspecified atom stereocenters. The number of methoxy groups -OCH3 is 2. The summed E-state index contributed by atoms with van der Waals surface area (Å²) < 4.78 is 10.9. The van der Waals surface area contributed by atoms with Crippen molar-refractivity contribution in [2.24, 2.45) is 0 Å². The van der Waals surface area contributed by atoms with Gasteiger partial charge in [-0.2, -0.15) is 0 Å². The summed E-state index contributed by atoms with van der Waals surface area (Å²) in [5, 5.41) is 0. The Morgan fingerprint density at radius 3 is 2.61 bits per heavy atom. The molecule has 2 aliphatic heterocycles. The zero-order valence-electron chi connectivity index (χ0n) is 16.2. The third-order valence-electron chi connectivity index (χ3n) is 5.48. The van der Waals surface area contributed by atoms with Gasteiger partial charge >= 0.3 is 0 Å². The predicted octanol–water partition coefficient (Wildman–Crippen LogP) is 2.84. The summed E-state index contributed by atoms with van der Waals surface area (Å²) in [6, 6.07) is 13.3. The van der Waals surface area contributed by atoms with Crippen LogP contribution in [0.3, 0.4) is 0 Å². The number of amides is 2. The van der Waals surface area contributed by atoms with Gasteiger partial charge in [-0.1, -0.05) is 30.3 Å². The average Bonchev–Trinajstić information content (AvgIpc) is 3.19. The molecule has 0 aromatic heterocycles. The van der Waals surface area contributed by atoms with Crippen molar-refractivity contribution in [2.45, 2.75) is 25.3 Å². The monoisotopic (exact) mass is 380 g/mol. The van der Waals surface area contributed by atoms with Crippen LogP contribution in [0, 0.1) is 0 Å². The van der Waals surface area contributed by atoms with Gasteiger partial charge in [-0.15, -0.1) is 0 Å². The Kier molecular flexibility index (Phi) is 5.05. The van der Waals surface area contributed by atoms with Gasteiger partial charge in [0.15, 0.2) is 0 Å². The van der Waals surface area contributed by atoms with Gasteiger partial charge in [0.2, 0.25) is 0 Å². The minimum atomic E-state index is -0.418. The number of carbonyl (C=O) groups excluding carboxylic acids is 2. The van der Waals surface area contributed by atoms with Crippen LogP contribution < -0.4 is 9.64 Å². The molecule has 6 nitrogen and oxygen atoms in total. The number of fused-ring (bicyclic) bond motifs is 2. The summed E-state index contributed by atoms with van der Waals surface area (Å²) in [6.07, 6.45) is 2.17. The fraction of sp³-hybridized carbons (Fsp3) is 0.364. The Bertz CT molecular complexity index is 897. The van der Waals surface area contributed by atoms with Crippen molar-refractivity contribution in [3.8, 4) is 5.75 Å². The highest BCUT2D eigenvalue weighted by atomic mass is 16.5. The molecule has 1 atom stereocenters. The lowest BCUT2D eigenvalue weighted by Crippen LogP contribution is -2.45. The number of ether oxygens (including phenoxy) is 2. The second-order valence-corrected chi connectivity index (χ2v) is 7.18. The minimum absolute atomic E-state index is 0.0812. The lowest BCUT2D eigenvalue weighted by Gasteiger charge is -2.25. The lowest BCUT2D eigenvalue weighted by molar-refractivity contribution is -0.123. The fourth-order valence-electron chi connectivity index (χ4n) is 4.13. The number of carbonyl (C=O) groups is 2. The number of anilines is 1. The molecule has 146 valence electrons. The maximum Gasteiger partial charge on any atom is 0.256 e. The smallest absolute Gasteiger partial charge is 0.256 e. The third kappa shape index (κ3) is 3.14. The molecular formula is C22H24N2O4. The van der Waals surface area contributed by atoms with E-state index in [1.807, 2.05) is 36.4 Å². The van der Waals surface area contributed by atoms with Gasteiger partial charge in [-0.05, 0) is 30.5 Å². The first-order valence-electron chi connectivity index (χ1n) is 9.50. The highest BCUT2D eigenvalue weighted by Crippen LogP contribution is 2.37. The first-order chi connectivity index (χ1) is 13.6. The van der Waals surface area contributed by atoms with Gasteiger partial charge in [0, 0.05) is 25.6 Å². The quantitative estimate of drug-likeness (QED) is 0.800. The summed E-state index contributed by atoms with van der Waals surface area (Å²) in [5.41, 5.74) is 3.14. The largest absolute Gasteiger partial charge is 0.496 e. The molecule has 0 aliphatic carbocycles. The fourth-order valence-corrected chi connectivity index (χ4v) is 4.13. The SMILES string of the molecule is COCN1C(=O)[C@@H]2CCCN2C(=O)c2cc(OC)c(Cc3ccccc3)cc21. The van der Waals surface area contributed by atoms with E-state index in [9.17, 15) is 9.59 Å². The summed E-state index contributed by atoms with van der Waals surface area (Å²) >= 11 is 0. The average molecular weight is 380 g/mol. The van der Waals surface area contributed by atoms with Gasteiger partial charge in [-0.3, -0.25) is 14.5 Å². The molecule has 0 bridgehead atoms. The van der Waals surface area contributed by atoms with E-state index in [4.69, 9.17) is 9.47 Å². The van der Waals surface area contributed by atoms with E-state index in [1.54, 1.807) is 30.1 Å². The highest BCUT2D eigenvalue weighted by Gasteiger charge is 2.42. The zero-order chi connectivity index (χ0) is 19.7. The van der Waals surface area contributed by atoms with Gasteiger partial charge in [-0.25, -0.2) is 0 Å². The Morgan fingerprint density at radius 1 is 1.11 bits per heavy atom. The molecule has 6 heteroatoms. The van der Waals surface area contributed by atoms with Crippen molar-refractivity contribution in [1.29, 1.82) is 0 Å². The molecule has 2 aromatic carbocycles. The highest BCUT2D eigenvalue weighted by molar-refractivity contribution is 6.11. The van der Waals surface area contributed by atoms with Crippen molar-refractivity contribution in [2.75, 3.05) is 32.4 Å².